The Bertz CT molecular complexity index is 1530. The molecule has 3 heterocycles. The molecule has 0 saturated heterocycles. The minimum Gasteiger partial charge on any atom is -0.321 e. The van der Waals surface area contributed by atoms with E-state index in [4.69, 9.17) is 0 Å². The first kappa shape index (κ1) is 25.5. The van der Waals surface area contributed by atoms with E-state index in [1.54, 1.807) is 6.20 Å². The molecular formula is C30H33N7O. The molecule has 0 amide bonds. The zero-order chi connectivity index (χ0) is 26.3. The molecule has 0 spiro atoms. The van der Waals surface area contributed by atoms with E-state index in [1.165, 1.54) is 5.56 Å². The third-order valence-corrected chi connectivity index (χ3v) is 6.96. The van der Waals surface area contributed by atoms with Crippen molar-refractivity contribution in [3.05, 3.63) is 118 Å². The first-order valence-corrected chi connectivity index (χ1v) is 13.2. The number of tetrazole rings is 1. The van der Waals surface area contributed by atoms with E-state index in [1.807, 2.05) is 66.3 Å². The van der Waals surface area contributed by atoms with Gasteiger partial charge in [-0.05, 0) is 64.4 Å². The Labute approximate surface area is 222 Å². The Hall–Kier alpha value is -4.17. The molecular weight excluding hydrogens is 474 g/mol. The van der Waals surface area contributed by atoms with Gasteiger partial charge in [-0.1, -0.05) is 67.9 Å². The number of para-hydroxylation sites is 1. The number of pyridine rings is 2. The quantitative estimate of drug-likeness (QED) is 0.270. The first-order valence-electron chi connectivity index (χ1n) is 13.2. The Balaban J connectivity index is 1.49. The number of hydrogen-bond acceptors (Lipinski definition) is 6. The van der Waals surface area contributed by atoms with Gasteiger partial charge in [0.2, 0.25) is 0 Å². The fourth-order valence-corrected chi connectivity index (χ4v) is 5.00. The molecule has 0 radical (unpaired) electrons. The van der Waals surface area contributed by atoms with Gasteiger partial charge in [0.25, 0.3) is 5.56 Å². The van der Waals surface area contributed by atoms with Crippen LogP contribution in [-0.4, -0.2) is 35.1 Å². The maximum atomic E-state index is 13.2. The number of aromatic nitrogens is 6. The third kappa shape index (κ3) is 5.86. The maximum Gasteiger partial charge on any atom is 0.252 e. The SMILES string of the molecule is CCCC(c1nnnn1CCc1ccccc1)N(Cc1cccnc1)Cc1cc2cccc(C)c2[nH]c1=O. The number of rotatable bonds is 11. The predicted octanol–water partition coefficient (Wildman–Crippen LogP) is 5.00. The van der Waals surface area contributed by atoms with Gasteiger partial charge in [0.15, 0.2) is 5.82 Å². The molecule has 38 heavy (non-hydrogen) atoms. The van der Waals surface area contributed by atoms with E-state index in [0.29, 0.717) is 19.6 Å². The van der Waals surface area contributed by atoms with E-state index < -0.39 is 0 Å². The topological polar surface area (TPSA) is 92.6 Å². The molecule has 3 aromatic heterocycles. The predicted molar refractivity (Wildman–Crippen MR) is 148 cm³/mol. The highest BCUT2D eigenvalue weighted by molar-refractivity contribution is 5.81. The molecule has 8 nitrogen and oxygen atoms in total. The number of fused-ring (bicyclic) bond motifs is 1. The highest BCUT2D eigenvalue weighted by Gasteiger charge is 2.27. The Kier molecular flexibility index (Phi) is 7.99. The van der Waals surface area contributed by atoms with Crippen LogP contribution in [0.25, 0.3) is 10.9 Å². The Morgan fingerprint density at radius 1 is 1.00 bits per heavy atom. The number of aromatic amines is 1. The lowest BCUT2D eigenvalue weighted by Gasteiger charge is -2.31. The molecule has 5 aromatic rings. The second kappa shape index (κ2) is 11.9. The van der Waals surface area contributed by atoms with Crippen LogP contribution in [0.5, 0.6) is 0 Å². The van der Waals surface area contributed by atoms with E-state index >= 15 is 0 Å². The van der Waals surface area contributed by atoms with Gasteiger partial charge in [0.05, 0.1) is 11.6 Å². The van der Waals surface area contributed by atoms with E-state index in [0.717, 1.165) is 52.7 Å². The van der Waals surface area contributed by atoms with Gasteiger partial charge in [-0.2, -0.15) is 0 Å². The number of benzene rings is 2. The lowest BCUT2D eigenvalue weighted by atomic mass is 10.0. The molecule has 0 bridgehead atoms. The van der Waals surface area contributed by atoms with Crippen LogP contribution >= 0.6 is 0 Å². The molecule has 0 fully saturated rings. The fourth-order valence-electron chi connectivity index (χ4n) is 5.00. The standard InChI is InChI=1S/C30H33N7O/c1-3-9-27(29-33-34-35-37(29)17-15-23-11-5-4-6-12-23)36(20-24-13-8-16-31-19-24)21-26-18-25-14-7-10-22(2)28(25)32-30(26)38/h4-8,10-14,16,18-19,27H,3,9,15,17,20-21H2,1-2H3,(H,32,38). The summed E-state index contributed by atoms with van der Waals surface area (Å²) in [6, 6.07) is 22.4. The number of nitrogens with one attached hydrogen (secondary N) is 1. The van der Waals surface area contributed by atoms with Crippen molar-refractivity contribution in [2.75, 3.05) is 0 Å². The molecule has 0 saturated carbocycles. The summed E-state index contributed by atoms with van der Waals surface area (Å²) in [4.78, 5) is 23.0. The first-order chi connectivity index (χ1) is 18.6. The lowest BCUT2D eigenvalue weighted by Crippen LogP contribution is -2.33. The van der Waals surface area contributed by atoms with Crippen molar-refractivity contribution in [2.45, 2.75) is 58.8 Å². The summed E-state index contributed by atoms with van der Waals surface area (Å²) in [5.74, 6) is 0.819. The maximum absolute atomic E-state index is 13.2. The smallest absolute Gasteiger partial charge is 0.252 e. The summed E-state index contributed by atoms with van der Waals surface area (Å²) in [6.07, 6.45) is 6.30. The Morgan fingerprint density at radius 3 is 2.63 bits per heavy atom. The molecule has 1 unspecified atom stereocenters. The van der Waals surface area contributed by atoms with Gasteiger partial charge in [-0.15, -0.1) is 5.10 Å². The normalized spacial score (nSPS) is 12.3. The van der Waals surface area contributed by atoms with Gasteiger partial charge in [0.1, 0.15) is 0 Å². The van der Waals surface area contributed by atoms with E-state index in [9.17, 15) is 4.79 Å². The Morgan fingerprint density at radius 2 is 1.84 bits per heavy atom. The van der Waals surface area contributed by atoms with Gasteiger partial charge >= 0.3 is 0 Å². The second-order valence-corrected chi connectivity index (χ2v) is 9.73. The summed E-state index contributed by atoms with van der Waals surface area (Å²) < 4.78 is 1.91. The number of hydrogen-bond donors (Lipinski definition) is 1. The largest absolute Gasteiger partial charge is 0.321 e. The van der Waals surface area contributed by atoms with Gasteiger partial charge in [-0.3, -0.25) is 14.7 Å². The molecule has 5 rings (SSSR count). The fraction of sp³-hybridized carbons (Fsp3) is 0.300. The number of H-pyrrole nitrogens is 1. The minimum absolute atomic E-state index is 0.0677. The van der Waals surface area contributed by atoms with Crippen molar-refractivity contribution < 1.29 is 0 Å². The van der Waals surface area contributed by atoms with Crippen LogP contribution in [0, 0.1) is 6.92 Å². The minimum atomic E-state index is -0.0708. The molecule has 0 aliphatic heterocycles. The van der Waals surface area contributed by atoms with Crippen molar-refractivity contribution in [1.29, 1.82) is 0 Å². The van der Waals surface area contributed by atoms with Gasteiger partial charge in [-0.25, -0.2) is 4.68 Å². The molecule has 0 aliphatic rings. The van der Waals surface area contributed by atoms with Crippen LogP contribution in [0.3, 0.4) is 0 Å². The average Bonchev–Trinajstić information content (AvgIpc) is 3.41. The van der Waals surface area contributed by atoms with E-state index in [2.05, 4.69) is 55.5 Å². The zero-order valence-corrected chi connectivity index (χ0v) is 21.9. The lowest BCUT2D eigenvalue weighted by molar-refractivity contribution is 0.155. The van der Waals surface area contributed by atoms with Crippen molar-refractivity contribution in [3.8, 4) is 0 Å². The third-order valence-electron chi connectivity index (χ3n) is 6.96. The highest BCUT2D eigenvalue weighted by Crippen LogP contribution is 2.28. The zero-order valence-electron chi connectivity index (χ0n) is 21.9. The van der Waals surface area contributed by atoms with Crippen LogP contribution in [0.1, 0.15) is 53.9 Å². The molecule has 8 heteroatoms. The average molecular weight is 508 g/mol. The number of nitrogens with zero attached hydrogens (tertiary/aromatic N) is 6. The van der Waals surface area contributed by atoms with Crippen molar-refractivity contribution in [2.24, 2.45) is 0 Å². The van der Waals surface area contributed by atoms with Crippen molar-refractivity contribution in [1.82, 2.24) is 35.1 Å². The number of aryl methyl sites for hydroxylation is 3. The summed E-state index contributed by atoms with van der Waals surface area (Å²) in [5, 5.41) is 13.9. The van der Waals surface area contributed by atoms with Crippen LogP contribution < -0.4 is 5.56 Å². The summed E-state index contributed by atoms with van der Waals surface area (Å²) in [6.45, 7) is 5.95. The summed E-state index contributed by atoms with van der Waals surface area (Å²) >= 11 is 0. The van der Waals surface area contributed by atoms with Gasteiger partial charge < -0.3 is 4.98 Å². The summed E-state index contributed by atoms with van der Waals surface area (Å²) in [7, 11) is 0. The molecule has 194 valence electrons. The van der Waals surface area contributed by atoms with Crippen molar-refractivity contribution >= 4 is 10.9 Å². The van der Waals surface area contributed by atoms with Gasteiger partial charge in [0, 0.05) is 37.6 Å². The molecule has 0 aliphatic carbocycles. The van der Waals surface area contributed by atoms with Crippen LogP contribution in [0.2, 0.25) is 0 Å². The van der Waals surface area contributed by atoms with Crippen LogP contribution in [0.4, 0.5) is 0 Å². The highest BCUT2D eigenvalue weighted by atomic mass is 16.1. The van der Waals surface area contributed by atoms with Crippen LogP contribution in [0.15, 0.2) is 83.9 Å². The summed E-state index contributed by atoms with van der Waals surface area (Å²) in [5.41, 5.74) is 4.91. The monoisotopic (exact) mass is 507 g/mol. The van der Waals surface area contributed by atoms with Crippen LogP contribution in [-0.2, 0) is 26.1 Å². The second-order valence-electron chi connectivity index (χ2n) is 9.73. The van der Waals surface area contributed by atoms with Crippen molar-refractivity contribution in [3.63, 3.8) is 0 Å². The molecule has 2 aromatic carbocycles. The molecule has 1 atom stereocenters. The molecule has 1 N–H and O–H groups in total. The van der Waals surface area contributed by atoms with E-state index in [-0.39, 0.29) is 11.6 Å².